The molecule has 2 aromatic carbocycles. The molecule has 0 aromatic heterocycles. The molecule has 2 heteroatoms. The van der Waals surface area contributed by atoms with Crippen LogP contribution in [0.15, 0.2) is 48.5 Å². The molecule has 1 aliphatic rings. The van der Waals surface area contributed by atoms with Crippen LogP contribution < -0.4 is 0 Å². The van der Waals surface area contributed by atoms with Gasteiger partial charge in [-0.1, -0.05) is 48.5 Å². The second kappa shape index (κ2) is 6.77. The van der Waals surface area contributed by atoms with Gasteiger partial charge in [-0.25, -0.2) is 0 Å². The molecule has 3 rings (SSSR count). The average molecular weight is 290 g/mol. The van der Waals surface area contributed by atoms with Crippen molar-refractivity contribution in [3.05, 3.63) is 59.7 Å². The zero-order chi connectivity index (χ0) is 15.4. The Bertz CT molecular complexity index is 667. The molecule has 2 aromatic rings. The lowest BCUT2D eigenvalue weighted by atomic mass is 9.98. The molecular formula is C20H22N2. The molecule has 1 saturated heterocycles. The number of nitrogens with zero attached hydrogens (tertiary/aromatic N) is 2. The predicted molar refractivity (Wildman–Crippen MR) is 90.2 cm³/mol. The highest BCUT2D eigenvalue weighted by Crippen LogP contribution is 2.24. The van der Waals surface area contributed by atoms with Crippen LogP contribution in [-0.2, 0) is 6.54 Å². The SMILES string of the molecule is Cc1ccccc1-c1ccc(CN2CCC[C@@H](C#N)C2)cc1. The first-order valence-corrected chi connectivity index (χ1v) is 8.03. The van der Waals surface area contributed by atoms with E-state index in [-0.39, 0.29) is 5.92 Å². The van der Waals surface area contributed by atoms with Gasteiger partial charge in [0.25, 0.3) is 0 Å². The predicted octanol–water partition coefficient (Wildman–Crippen LogP) is 4.40. The molecule has 1 aliphatic heterocycles. The lowest BCUT2D eigenvalue weighted by molar-refractivity contribution is 0.192. The molecule has 1 heterocycles. The van der Waals surface area contributed by atoms with Crippen molar-refractivity contribution in [3.8, 4) is 17.2 Å². The highest BCUT2D eigenvalue weighted by atomic mass is 15.1. The molecular weight excluding hydrogens is 268 g/mol. The number of likely N-dealkylation sites (tertiary alicyclic amines) is 1. The van der Waals surface area contributed by atoms with Crippen LogP contribution in [0.1, 0.15) is 24.0 Å². The molecule has 1 atom stereocenters. The van der Waals surface area contributed by atoms with E-state index < -0.39 is 0 Å². The van der Waals surface area contributed by atoms with Gasteiger partial charge in [0.1, 0.15) is 0 Å². The number of benzene rings is 2. The lowest BCUT2D eigenvalue weighted by Crippen LogP contribution is -2.34. The maximum absolute atomic E-state index is 9.09. The van der Waals surface area contributed by atoms with E-state index in [1.807, 2.05) is 0 Å². The van der Waals surface area contributed by atoms with Gasteiger partial charge in [-0.05, 0) is 48.6 Å². The fourth-order valence-corrected chi connectivity index (χ4v) is 3.25. The maximum Gasteiger partial charge on any atom is 0.0669 e. The molecule has 0 unspecified atom stereocenters. The van der Waals surface area contributed by atoms with E-state index in [1.165, 1.54) is 22.3 Å². The van der Waals surface area contributed by atoms with Gasteiger partial charge < -0.3 is 0 Å². The molecule has 0 bridgehead atoms. The summed E-state index contributed by atoms with van der Waals surface area (Å²) in [5, 5.41) is 9.09. The highest BCUT2D eigenvalue weighted by molar-refractivity contribution is 5.67. The van der Waals surface area contributed by atoms with E-state index in [0.717, 1.165) is 32.5 Å². The van der Waals surface area contributed by atoms with Crippen molar-refractivity contribution in [3.63, 3.8) is 0 Å². The summed E-state index contributed by atoms with van der Waals surface area (Å²) in [6.45, 7) is 5.12. The number of hydrogen-bond acceptors (Lipinski definition) is 2. The summed E-state index contributed by atoms with van der Waals surface area (Å²) in [7, 11) is 0. The topological polar surface area (TPSA) is 27.0 Å². The zero-order valence-corrected chi connectivity index (χ0v) is 13.1. The van der Waals surface area contributed by atoms with Gasteiger partial charge >= 0.3 is 0 Å². The second-order valence-corrected chi connectivity index (χ2v) is 6.22. The standard InChI is InChI=1S/C20H22N2/c1-16-5-2-3-7-20(16)19-10-8-17(9-11-19)14-22-12-4-6-18(13-21)15-22/h2-3,5,7-11,18H,4,6,12,14-15H2,1H3/t18-/m0/s1. The molecule has 0 N–H and O–H groups in total. The van der Waals surface area contributed by atoms with E-state index in [1.54, 1.807) is 0 Å². The summed E-state index contributed by atoms with van der Waals surface area (Å²) >= 11 is 0. The molecule has 112 valence electrons. The summed E-state index contributed by atoms with van der Waals surface area (Å²) in [5.41, 5.74) is 5.21. The van der Waals surface area contributed by atoms with Crippen molar-refractivity contribution in [2.75, 3.05) is 13.1 Å². The van der Waals surface area contributed by atoms with E-state index in [4.69, 9.17) is 5.26 Å². The Balaban J connectivity index is 1.70. The Labute approximate surface area is 133 Å². The number of nitriles is 1. The van der Waals surface area contributed by atoms with Crippen LogP contribution in [0, 0.1) is 24.2 Å². The molecule has 22 heavy (non-hydrogen) atoms. The third-order valence-electron chi connectivity index (χ3n) is 4.50. The van der Waals surface area contributed by atoms with Gasteiger partial charge in [0.15, 0.2) is 0 Å². The van der Waals surface area contributed by atoms with Crippen molar-refractivity contribution in [1.82, 2.24) is 4.90 Å². The number of aryl methyl sites for hydroxylation is 1. The lowest BCUT2D eigenvalue weighted by Gasteiger charge is -2.29. The van der Waals surface area contributed by atoms with E-state index in [2.05, 4.69) is 66.4 Å². The van der Waals surface area contributed by atoms with Gasteiger partial charge in [-0.2, -0.15) is 5.26 Å². The fraction of sp³-hybridized carbons (Fsp3) is 0.350. The summed E-state index contributed by atoms with van der Waals surface area (Å²) in [4.78, 5) is 2.40. The normalized spacial score (nSPS) is 18.8. The van der Waals surface area contributed by atoms with Crippen molar-refractivity contribution in [2.45, 2.75) is 26.3 Å². The molecule has 0 radical (unpaired) electrons. The number of piperidine rings is 1. The van der Waals surface area contributed by atoms with Gasteiger partial charge in [0.05, 0.1) is 12.0 Å². The summed E-state index contributed by atoms with van der Waals surface area (Å²) in [5.74, 6) is 0.208. The quantitative estimate of drug-likeness (QED) is 0.838. The summed E-state index contributed by atoms with van der Waals surface area (Å²) < 4.78 is 0. The van der Waals surface area contributed by atoms with Crippen LogP contribution in [-0.4, -0.2) is 18.0 Å². The fourth-order valence-electron chi connectivity index (χ4n) is 3.25. The van der Waals surface area contributed by atoms with Crippen molar-refractivity contribution in [2.24, 2.45) is 5.92 Å². The summed E-state index contributed by atoms with van der Waals surface area (Å²) in [6.07, 6.45) is 2.19. The minimum Gasteiger partial charge on any atom is -0.298 e. The minimum atomic E-state index is 0.208. The molecule has 0 spiro atoms. The monoisotopic (exact) mass is 290 g/mol. The van der Waals surface area contributed by atoms with Crippen LogP contribution in [0.2, 0.25) is 0 Å². The Kier molecular flexibility index (Phi) is 4.56. The molecule has 1 fully saturated rings. The zero-order valence-electron chi connectivity index (χ0n) is 13.1. The number of hydrogen-bond donors (Lipinski definition) is 0. The average Bonchev–Trinajstić information content (AvgIpc) is 2.56. The molecule has 2 nitrogen and oxygen atoms in total. The van der Waals surface area contributed by atoms with Gasteiger partial charge in [-0.15, -0.1) is 0 Å². The molecule has 0 saturated carbocycles. The van der Waals surface area contributed by atoms with E-state index in [9.17, 15) is 0 Å². The Morgan fingerprint density at radius 2 is 1.91 bits per heavy atom. The van der Waals surface area contributed by atoms with Gasteiger partial charge in [0, 0.05) is 13.1 Å². The Morgan fingerprint density at radius 1 is 1.14 bits per heavy atom. The van der Waals surface area contributed by atoms with Crippen LogP contribution >= 0.6 is 0 Å². The first kappa shape index (κ1) is 14.8. The van der Waals surface area contributed by atoms with E-state index in [0.29, 0.717) is 0 Å². The maximum atomic E-state index is 9.09. The largest absolute Gasteiger partial charge is 0.298 e. The Morgan fingerprint density at radius 3 is 2.64 bits per heavy atom. The van der Waals surface area contributed by atoms with Crippen molar-refractivity contribution in [1.29, 1.82) is 5.26 Å². The third kappa shape index (κ3) is 3.37. The van der Waals surface area contributed by atoms with Crippen molar-refractivity contribution < 1.29 is 0 Å². The minimum absolute atomic E-state index is 0.208. The number of rotatable bonds is 3. The van der Waals surface area contributed by atoms with Crippen LogP contribution in [0.4, 0.5) is 0 Å². The van der Waals surface area contributed by atoms with E-state index >= 15 is 0 Å². The van der Waals surface area contributed by atoms with Gasteiger partial charge in [-0.3, -0.25) is 4.90 Å². The van der Waals surface area contributed by atoms with Crippen LogP contribution in [0.25, 0.3) is 11.1 Å². The van der Waals surface area contributed by atoms with Crippen LogP contribution in [0.3, 0.4) is 0 Å². The van der Waals surface area contributed by atoms with Crippen LogP contribution in [0.5, 0.6) is 0 Å². The first-order valence-electron chi connectivity index (χ1n) is 8.03. The first-order chi connectivity index (χ1) is 10.8. The van der Waals surface area contributed by atoms with Gasteiger partial charge in [0.2, 0.25) is 0 Å². The second-order valence-electron chi connectivity index (χ2n) is 6.22. The Hall–Kier alpha value is -2.11. The molecule has 0 amide bonds. The highest BCUT2D eigenvalue weighted by Gasteiger charge is 2.19. The van der Waals surface area contributed by atoms with Crippen molar-refractivity contribution >= 4 is 0 Å². The molecule has 0 aliphatic carbocycles. The smallest absolute Gasteiger partial charge is 0.0669 e. The summed E-state index contributed by atoms with van der Waals surface area (Å²) in [6, 6.07) is 19.8. The third-order valence-corrected chi connectivity index (χ3v) is 4.50.